The molecule has 0 saturated carbocycles. The molecule has 0 heterocycles. The van der Waals surface area contributed by atoms with E-state index in [1.165, 1.54) is 6.08 Å². The zero-order valence-corrected chi connectivity index (χ0v) is 12.2. The lowest BCUT2D eigenvalue weighted by Gasteiger charge is -2.08. The van der Waals surface area contributed by atoms with Crippen LogP contribution in [-0.4, -0.2) is 12.6 Å². The number of ether oxygens (including phenoxy) is 2. The normalized spacial score (nSPS) is 9.95. The molecule has 3 nitrogen and oxygen atoms in total. The predicted molar refractivity (Wildman–Crippen MR) is 82.7 cm³/mol. The molecule has 0 amide bonds. The fourth-order valence-corrected chi connectivity index (χ4v) is 1.87. The second-order valence-electron chi connectivity index (χ2n) is 4.29. The summed E-state index contributed by atoms with van der Waals surface area (Å²) in [4.78, 5) is 11.6. The second-order valence-corrected chi connectivity index (χ2v) is 4.70. The maximum atomic E-state index is 11.6. The van der Waals surface area contributed by atoms with E-state index >= 15 is 0 Å². The van der Waals surface area contributed by atoms with Gasteiger partial charge in [0.05, 0.1) is 5.56 Å². The van der Waals surface area contributed by atoms with Crippen molar-refractivity contribution in [2.75, 3.05) is 6.61 Å². The lowest BCUT2D eigenvalue weighted by molar-refractivity contribution is 0.0549. The summed E-state index contributed by atoms with van der Waals surface area (Å²) >= 11 is 6.06. The fraction of sp³-hybridized carbons (Fsp3) is 0.118. The fourth-order valence-electron chi connectivity index (χ4n) is 1.68. The zero-order valence-electron chi connectivity index (χ0n) is 11.4. The summed E-state index contributed by atoms with van der Waals surface area (Å²) in [6, 6.07) is 14.3. The van der Waals surface area contributed by atoms with Gasteiger partial charge >= 0.3 is 5.97 Å². The highest BCUT2D eigenvalue weighted by molar-refractivity contribution is 6.31. The Labute approximate surface area is 128 Å². The Balaban J connectivity index is 1.95. The van der Waals surface area contributed by atoms with E-state index in [1.807, 2.05) is 24.3 Å². The van der Waals surface area contributed by atoms with Gasteiger partial charge < -0.3 is 9.47 Å². The van der Waals surface area contributed by atoms with Crippen LogP contribution in [0.4, 0.5) is 0 Å². The molecule has 0 atom stereocenters. The minimum atomic E-state index is -0.382. The van der Waals surface area contributed by atoms with Crippen LogP contribution >= 0.6 is 11.6 Å². The number of carbonyl (C=O) groups is 1. The molecule has 0 aliphatic heterocycles. The maximum absolute atomic E-state index is 11.6. The number of esters is 1. The van der Waals surface area contributed by atoms with Gasteiger partial charge in [-0.25, -0.2) is 4.79 Å². The first-order valence-electron chi connectivity index (χ1n) is 6.45. The Morgan fingerprint density at radius 2 is 1.86 bits per heavy atom. The van der Waals surface area contributed by atoms with Gasteiger partial charge in [0.1, 0.15) is 19.0 Å². The van der Waals surface area contributed by atoms with Crippen LogP contribution in [0, 0.1) is 0 Å². The molecular weight excluding hydrogens is 288 g/mol. The standard InChI is InChI=1S/C17H15ClO3/c1-2-11-20-17(19)13-7-9-15(10-8-13)21-12-14-5-3-4-6-16(14)18/h2-10H,1,11-12H2. The molecule has 0 aromatic heterocycles. The van der Waals surface area contributed by atoms with Gasteiger partial charge in [-0.3, -0.25) is 0 Å². The van der Waals surface area contributed by atoms with Gasteiger partial charge in [-0.05, 0) is 30.3 Å². The first-order valence-corrected chi connectivity index (χ1v) is 6.83. The number of hydrogen-bond donors (Lipinski definition) is 0. The maximum Gasteiger partial charge on any atom is 0.338 e. The Hall–Kier alpha value is -2.26. The molecule has 0 aliphatic rings. The number of halogens is 1. The summed E-state index contributed by atoms with van der Waals surface area (Å²) in [6.45, 7) is 4.07. The van der Waals surface area contributed by atoms with E-state index in [2.05, 4.69) is 6.58 Å². The van der Waals surface area contributed by atoms with Crippen molar-refractivity contribution >= 4 is 17.6 Å². The summed E-state index contributed by atoms with van der Waals surface area (Å²) in [5.41, 5.74) is 1.38. The van der Waals surface area contributed by atoms with Gasteiger partial charge in [-0.15, -0.1) is 0 Å². The van der Waals surface area contributed by atoms with Gasteiger partial charge in [-0.2, -0.15) is 0 Å². The molecule has 2 rings (SSSR count). The molecule has 108 valence electrons. The molecule has 4 heteroatoms. The van der Waals surface area contributed by atoms with Crippen LogP contribution in [0.1, 0.15) is 15.9 Å². The molecule has 0 spiro atoms. The average Bonchev–Trinajstić information content (AvgIpc) is 2.52. The molecule has 0 fully saturated rings. The largest absolute Gasteiger partial charge is 0.489 e. The lowest BCUT2D eigenvalue weighted by Crippen LogP contribution is -2.05. The molecule has 0 unspecified atom stereocenters. The highest BCUT2D eigenvalue weighted by Crippen LogP contribution is 2.19. The SMILES string of the molecule is C=CCOC(=O)c1ccc(OCc2ccccc2Cl)cc1. The summed E-state index contributed by atoms with van der Waals surface area (Å²) in [7, 11) is 0. The Kier molecular flexibility index (Phi) is 5.41. The monoisotopic (exact) mass is 302 g/mol. The smallest absolute Gasteiger partial charge is 0.338 e. The zero-order chi connectivity index (χ0) is 15.1. The van der Waals surface area contributed by atoms with Crippen molar-refractivity contribution < 1.29 is 14.3 Å². The predicted octanol–water partition coefficient (Wildman–Crippen LogP) is 4.26. The van der Waals surface area contributed by atoms with Crippen LogP contribution in [0.5, 0.6) is 5.75 Å². The molecule has 2 aromatic rings. The first kappa shape index (κ1) is 15.1. The van der Waals surface area contributed by atoms with E-state index in [9.17, 15) is 4.79 Å². The number of hydrogen-bond acceptors (Lipinski definition) is 3. The van der Waals surface area contributed by atoms with Gasteiger partial charge in [0.2, 0.25) is 0 Å². The van der Waals surface area contributed by atoms with Crippen LogP contribution in [0.15, 0.2) is 61.2 Å². The number of carbonyl (C=O) groups excluding carboxylic acids is 1. The molecule has 0 radical (unpaired) electrons. The van der Waals surface area contributed by atoms with Crippen molar-refractivity contribution in [2.45, 2.75) is 6.61 Å². The quantitative estimate of drug-likeness (QED) is 0.591. The van der Waals surface area contributed by atoms with Crippen molar-refractivity contribution in [3.63, 3.8) is 0 Å². The topological polar surface area (TPSA) is 35.5 Å². The van der Waals surface area contributed by atoms with Crippen LogP contribution in [0.25, 0.3) is 0 Å². The second kappa shape index (κ2) is 7.50. The van der Waals surface area contributed by atoms with E-state index in [0.29, 0.717) is 22.9 Å². The summed E-state index contributed by atoms with van der Waals surface area (Å²) in [6.07, 6.45) is 1.53. The first-order chi connectivity index (χ1) is 10.2. The molecule has 0 aliphatic carbocycles. The molecule has 0 N–H and O–H groups in total. The Morgan fingerprint density at radius 1 is 1.14 bits per heavy atom. The average molecular weight is 303 g/mol. The summed E-state index contributed by atoms with van der Waals surface area (Å²) in [5.74, 6) is 0.280. The van der Waals surface area contributed by atoms with Gasteiger partial charge in [0, 0.05) is 10.6 Å². The molecular formula is C17H15ClO3. The van der Waals surface area contributed by atoms with E-state index in [0.717, 1.165) is 5.56 Å². The third-order valence-electron chi connectivity index (χ3n) is 2.77. The van der Waals surface area contributed by atoms with Gasteiger partial charge in [0.25, 0.3) is 0 Å². The lowest BCUT2D eigenvalue weighted by atomic mass is 10.2. The van der Waals surface area contributed by atoms with E-state index in [1.54, 1.807) is 24.3 Å². The Morgan fingerprint density at radius 3 is 2.52 bits per heavy atom. The Bertz CT molecular complexity index is 620. The minimum absolute atomic E-state index is 0.198. The minimum Gasteiger partial charge on any atom is -0.489 e. The van der Waals surface area contributed by atoms with Gasteiger partial charge in [-0.1, -0.05) is 42.5 Å². The van der Waals surface area contributed by atoms with Gasteiger partial charge in [0.15, 0.2) is 0 Å². The molecule has 0 saturated heterocycles. The summed E-state index contributed by atoms with van der Waals surface area (Å²) < 4.78 is 10.6. The molecule has 2 aromatic carbocycles. The van der Waals surface area contributed by atoms with Crippen molar-refractivity contribution in [3.8, 4) is 5.75 Å². The van der Waals surface area contributed by atoms with Crippen molar-refractivity contribution in [1.82, 2.24) is 0 Å². The van der Waals surface area contributed by atoms with Crippen LogP contribution in [-0.2, 0) is 11.3 Å². The van der Waals surface area contributed by atoms with Crippen LogP contribution < -0.4 is 4.74 Å². The number of rotatable bonds is 6. The summed E-state index contributed by atoms with van der Waals surface area (Å²) in [5, 5.41) is 0.669. The number of benzene rings is 2. The molecule has 21 heavy (non-hydrogen) atoms. The van der Waals surface area contributed by atoms with Crippen molar-refractivity contribution in [1.29, 1.82) is 0 Å². The van der Waals surface area contributed by atoms with Crippen LogP contribution in [0.3, 0.4) is 0 Å². The third kappa shape index (κ3) is 4.36. The molecule has 0 bridgehead atoms. The van der Waals surface area contributed by atoms with Crippen LogP contribution in [0.2, 0.25) is 5.02 Å². The third-order valence-corrected chi connectivity index (χ3v) is 3.14. The van der Waals surface area contributed by atoms with E-state index in [4.69, 9.17) is 21.1 Å². The van der Waals surface area contributed by atoms with Crippen molar-refractivity contribution in [3.05, 3.63) is 77.3 Å². The van der Waals surface area contributed by atoms with E-state index in [-0.39, 0.29) is 12.6 Å². The van der Waals surface area contributed by atoms with E-state index < -0.39 is 0 Å². The highest BCUT2D eigenvalue weighted by atomic mass is 35.5. The highest BCUT2D eigenvalue weighted by Gasteiger charge is 2.06. The van der Waals surface area contributed by atoms with Crippen molar-refractivity contribution in [2.24, 2.45) is 0 Å².